The zero-order valence-electron chi connectivity index (χ0n) is 16.9. The van der Waals surface area contributed by atoms with Crippen molar-refractivity contribution < 1.29 is 9.13 Å². The van der Waals surface area contributed by atoms with Crippen molar-refractivity contribution in [3.63, 3.8) is 0 Å². The summed E-state index contributed by atoms with van der Waals surface area (Å²) >= 11 is 0. The fourth-order valence-corrected chi connectivity index (χ4v) is 3.80. The number of aromatic nitrogens is 4. The molecule has 158 valence electrons. The average molecular weight is 418 g/mol. The summed E-state index contributed by atoms with van der Waals surface area (Å²) in [6.07, 6.45) is 5.44. The number of ether oxygens (including phenoxy) is 1. The van der Waals surface area contributed by atoms with Crippen LogP contribution in [0, 0.1) is 5.82 Å². The number of benzene rings is 1. The SMILES string of the molecule is Fc1cncc(-c2nc(NCCc3c[nH]c4ccccc34)cc(C3CNCCO3)n2)c1. The molecule has 1 fully saturated rings. The molecule has 4 aromatic rings. The van der Waals surface area contributed by atoms with Crippen molar-refractivity contribution in [3.8, 4) is 11.4 Å². The standard InChI is InChI=1S/C23H23FN6O/c24-17-9-16(11-26-13-17)23-29-20(21-14-25-7-8-31-21)10-22(30-23)27-6-5-15-12-28-19-4-2-1-3-18(15)19/h1-4,9-13,21,25,28H,5-8,14H2,(H,27,29,30). The summed E-state index contributed by atoms with van der Waals surface area (Å²) in [4.78, 5) is 16.5. The highest BCUT2D eigenvalue weighted by atomic mass is 19.1. The Morgan fingerprint density at radius 2 is 2.10 bits per heavy atom. The second-order valence-corrected chi connectivity index (χ2v) is 7.49. The van der Waals surface area contributed by atoms with Crippen LogP contribution in [0.1, 0.15) is 17.4 Å². The lowest BCUT2D eigenvalue weighted by Gasteiger charge is -2.24. The number of nitrogens with one attached hydrogen (secondary N) is 3. The lowest BCUT2D eigenvalue weighted by atomic mass is 10.1. The molecule has 0 amide bonds. The van der Waals surface area contributed by atoms with Crippen LogP contribution in [-0.2, 0) is 11.2 Å². The van der Waals surface area contributed by atoms with Crippen molar-refractivity contribution in [2.24, 2.45) is 0 Å². The number of para-hydroxylation sites is 1. The topological polar surface area (TPSA) is 87.8 Å². The summed E-state index contributed by atoms with van der Waals surface area (Å²) in [7, 11) is 0. The first-order valence-electron chi connectivity index (χ1n) is 10.4. The van der Waals surface area contributed by atoms with E-state index in [1.807, 2.05) is 24.4 Å². The summed E-state index contributed by atoms with van der Waals surface area (Å²) in [5, 5.41) is 7.94. The Hall–Kier alpha value is -3.36. The number of nitrogens with zero attached hydrogens (tertiary/aromatic N) is 3. The van der Waals surface area contributed by atoms with E-state index in [0.29, 0.717) is 36.9 Å². The first kappa shape index (κ1) is 19.6. The molecule has 1 aliphatic heterocycles. The van der Waals surface area contributed by atoms with Gasteiger partial charge in [-0.25, -0.2) is 14.4 Å². The summed E-state index contributed by atoms with van der Waals surface area (Å²) < 4.78 is 19.6. The number of hydrogen-bond acceptors (Lipinski definition) is 6. The quantitative estimate of drug-likeness (QED) is 0.444. The van der Waals surface area contributed by atoms with Crippen LogP contribution in [0.15, 0.2) is 55.0 Å². The van der Waals surface area contributed by atoms with Crippen molar-refractivity contribution in [1.82, 2.24) is 25.3 Å². The van der Waals surface area contributed by atoms with Crippen LogP contribution in [0.2, 0.25) is 0 Å². The third-order valence-corrected chi connectivity index (χ3v) is 5.34. The molecular formula is C23H23FN6O. The first-order chi connectivity index (χ1) is 15.3. The summed E-state index contributed by atoms with van der Waals surface area (Å²) in [6.45, 7) is 2.81. The van der Waals surface area contributed by atoms with Gasteiger partial charge in [-0.15, -0.1) is 0 Å². The fourth-order valence-electron chi connectivity index (χ4n) is 3.80. The Bertz CT molecular complexity index is 1190. The lowest BCUT2D eigenvalue weighted by Crippen LogP contribution is -2.34. The molecule has 0 saturated carbocycles. The molecule has 3 aromatic heterocycles. The van der Waals surface area contributed by atoms with Crippen molar-refractivity contribution in [2.45, 2.75) is 12.5 Å². The molecule has 8 heteroatoms. The van der Waals surface area contributed by atoms with E-state index in [1.54, 1.807) is 6.20 Å². The zero-order chi connectivity index (χ0) is 21.0. The van der Waals surface area contributed by atoms with Crippen LogP contribution in [0.3, 0.4) is 0 Å². The van der Waals surface area contributed by atoms with Gasteiger partial charge in [0, 0.05) is 54.6 Å². The molecule has 1 saturated heterocycles. The van der Waals surface area contributed by atoms with E-state index in [9.17, 15) is 4.39 Å². The molecule has 1 unspecified atom stereocenters. The van der Waals surface area contributed by atoms with Gasteiger partial charge in [-0.05, 0) is 24.1 Å². The van der Waals surface area contributed by atoms with E-state index in [0.717, 1.165) is 24.2 Å². The highest BCUT2D eigenvalue weighted by molar-refractivity contribution is 5.83. The van der Waals surface area contributed by atoms with Gasteiger partial charge in [0.05, 0.1) is 18.5 Å². The number of anilines is 1. The van der Waals surface area contributed by atoms with E-state index < -0.39 is 5.82 Å². The van der Waals surface area contributed by atoms with Crippen molar-refractivity contribution in [1.29, 1.82) is 0 Å². The molecule has 1 atom stereocenters. The van der Waals surface area contributed by atoms with Gasteiger partial charge in [0.2, 0.25) is 0 Å². The van der Waals surface area contributed by atoms with E-state index >= 15 is 0 Å². The molecule has 0 aliphatic carbocycles. The maximum atomic E-state index is 13.7. The van der Waals surface area contributed by atoms with Crippen LogP contribution >= 0.6 is 0 Å². The smallest absolute Gasteiger partial charge is 0.163 e. The van der Waals surface area contributed by atoms with Crippen LogP contribution in [-0.4, -0.2) is 46.2 Å². The van der Waals surface area contributed by atoms with E-state index in [4.69, 9.17) is 4.74 Å². The average Bonchev–Trinajstić information content (AvgIpc) is 3.23. The number of rotatable bonds is 6. The summed E-state index contributed by atoms with van der Waals surface area (Å²) in [5.41, 5.74) is 3.66. The normalized spacial score (nSPS) is 16.5. The Morgan fingerprint density at radius 3 is 2.97 bits per heavy atom. The third-order valence-electron chi connectivity index (χ3n) is 5.34. The van der Waals surface area contributed by atoms with Gasteiger partial charge in [0.1, 0.15) is 17.7 Å². The highest BCUT2D eigenvalue weighted by Crippen LogP contribution is 2.24. The van der Waals surface area contributed by atoms with Crippen LogP contribution < -0.4 is 10.6 Å². The van der Waals surface area contributed by atoms with Crippen molar-refractivity contribution >= 4 is 16.7 Å². The molecular weight excluding hydrogens is 395 g/mol. The number of aromatic amines is 1. The van der Waals surface area contributed by atoms with Gasteiger partial charge in [-0.1, -0.05) is 18.2 Å². The highest BCUT2D eigenvalue weighted by Gasteiger charge is 2.20. The molecule has 0 bridgehead atoms. The molecule has 3 N–H and O–H groups in total. The second kappa shape index (κ2) is 8.79. The lowest BCUT2D eigenvalue weighted by molar-refractivity contribution is 0.0250. The Morgan fingerprint density at radius 1 is 1.16 bits per heavy atom. The summed E-state index contributed by atoms with van der Waals surface area (Å²) in [6, 6.07) is 11.5. The molecule has 31 heavy (non-hydrogen) atoms. The van der Waals surface area contributed by atoms with Crippen molar-refractivity contribution in [3.05, 3.63) is 72.1 Å². The van der Waals surface area contributed by atoms with E-state index in [1.165, 1.54) is 23.2 Å². The minimum Gasteiger partial charge on any atom is -0.370 e. The molecule has 4 heterocycles. The monoisotopic (exact) mass is 418 g/mol. The van der Waals surface area contributed by atoms with Gasteiger partial charge >= 0.3 is 0 Å². The van der Waals surface area contributed by atoms with Gasteiger partial charge in [0.25, 0.3) is 0 Å². The zero-order valence-corrected chi connectivity index (χ0v) is 16.9. The Labute approximate surface area is 179 Å². The van der Waals surface area contributed by atoms with Crippen molar-refractivity contribution in [2.75, 3.05) is 31.6 Å². The second-order valence-electron chi connectivity index (χ2n) is 7.49. The molecule has 7 nitrogen and oxygen atoms in total. The number of hydrogen-bond donors (Lipinski definition) is 3. The minimum atomic E-state index is -0.420. The predicted molar refractivity (Wildman–Crippen MR) is 117 cm³/mol. The van der Waals surface area contributed by atoms with Gasteiger partial charge in [0.15, 0.2) is 5.82 Å². The molecule has 1 aromatic carbocycles. The maximum Gasteiger partial charge on any atom is 0.163 e. The van der Waals surface area contributed by atoms with Crippen LogP contribution in [0.5, 0.6) is 0 Å². The minimum absolute atomic E-state index is 0.175. The van der Waals surface area contributed by atoms with E-state index in [2.05, 4.69) is 42.7 Å². The molecule has 1 aliphatic rings. The number of pyridine rings is 1. The molecule has 5 rings (SSSR count). The number of H-pyrrole nitrogens is 1. The number of fused-ring (bicyclic) bond motifs is 1. The molecule has 0 radical (unpaired) electrons. The fraction of sp³-hybridized carbons (Fsp3) is 0.261. The third kappa shape index (κ3) is 4.40. The van der Waals surface area contributed by atoms with Gasteiger partial charge < -0.3 is 20.4 Å². The van der Waals surface area contributed by atoms with Gasteiger partial charge in [-0.3, -0.25) is 4.98 Å². The van der Waals surface area contributed by atoms with Crippen LogP contribution in [0.4, 0.5) is 10.2 Å². The number of morpholine rings is 1. The number of halogens is 1. The Kier molecular flexibility index (Phi) is 5.56. The van der Waals surface area contributed by atoms with E-state index in [-0.39, 0.29) is 6.10 Å². The van der Waals surface area contributed by atoms with Gasteiger partial charge in [-0.2, -0.15) is 0 Å². The first-order valence-corrected chi connectivity index (χ1v) is 10.4. The largest absolute Gasteiger partial charge is 0.370 e. The Balaban J connectivity index is 1.39. The molecule has 0 spiro atoms. The maximum absolute atomic E-state index is 13.7. The predicted octanol–water partition coefficient (Wildman–Crippen LogP) is 3.47. The summed E-state index contributed by atoms with van der Waals surface area (Å²) in [5.74, 6) is 0.683. The van der Waals surface area contributed by atoms with Crippen LogP contribution in [0.25, 0.3) is 22.3 Å².